The average molecular weight is 321 g/mol. The third-order valence-corrected chi connectivity index (χ3v) is 4.18. The van der Waals surface area contributed by atoms with Gasteiger partial charge in [0, 0.05) is 19.6 Å². The van der Waals surface area contributed by atoms with Crippen LogP contribution in [0.3, 0.4) is 0 Å². The van der Waals surface area contributed by atoms with E-state index in [0.29, 0.717) is 19.1 Å². The van der Waals surface area contributed by atoms with Crippen molar-refractivity contribution in [1.29, 1.82) is 0 Å². The fourth-order valence-corrected chi connectivity index (χ4v) is 3.17. The number of methoxy groups -OCH3 is 1. The van der Waals surface area contributed by atoms with Gasteiger partial charge in [-0.05, 0) is 36.5 Å². The second-order valence-electron chi connectivity index (χ2n) is 6.40. The SMILES string of the molecule is CCCOc1cc(CN2CC(C)CC(C(=O)O)C2)ccc1OC. The van der Waals surface area contributed by atoms with E-state index in [4.69, 9.17) is 9.47 Å². The van der Waals surface area contributed by atoms with Gasteiger partial charge in [0.15, 0.2) is 11.5 Å². The molecule has 1 saturated heterocycles. The van der Waals surface area contributed by atoms with E-state index in [1.54, 1.807) is 7.11 Å². The maximum absolute atomic E-state index is 11.3. The first-order valence-corrected chi connectivity index (χ1v) is 8.28. The minimum Gasteiger partial charge on any atom is -0.493 e. The standard InChI is InChI=1S/C18H27NO4/c1-4-7-23-17-9-14(5-6-16(17)22-3)11-19-10-13(2)8-15(12-19)18(20)21/h5-6,9,13,15H,4,7-8,10-12H2,1-3H3,(H,20,21). The zero-order valence-electron chi connectivity index (χ0n) is 14.2. The molecule has 0 bridgehead atoms. The van der Waals surface area contributed by atoms with E-state index in [2.05, 4.69) is 18.7 Å². The van der Waals surface area contributed by atoms with Gasteiger partial charge in [0.25, 0.3) is 0 Å². The average Bonchev–Trinajstić information content (AvgIpc) is 2.52. The van der Waals surface area contributed by atoms with E-state index in [0.717, 1.165) is 43.0 Å². The Bertz CT molecular complexity index is 532. The number of carboxylic acids is 1. The van der Waals surface area contributed by atoms with Crippen LogP contribution in [-0.2, 0) is 11.3 Å². The van der Waals surface area contributed by atoms with E-state index in [1.165, 1.54) is 0 Å². The number of likely N-dealkylation sites (tertiary alicyclic amines) is 1. The van der Waals surface area contributed by atoms with E-state index < -0.39 is 5.97 Å². The van der Waals surface area contributed by atoms with Gasteiger partial charge in [-0.1, -0.05) is 19.9 Å². The van der Waals surface area contributed by atoms with Gasteiger partial charge >= 0.3 is 5.97 Å². The number of aliphatic carboxylic acids is 1. The molecule has 1 aromatic rings. The van der Waals surface area contributed by atoms with Crippen LogP contribution in [0.2, 0.25) is 0 Å². The van der Waals surface area contributed by atoms with Crippen molar-refractivity contribution in [2.24, 2.45) is 11.8 Å². The maximum Gasteiger partial charge on any atom is 0.307 e. The molecule has 0 amide bonds. The first-order chi connectivity index (χ1) is 11.0. The number of hydrogen-bond acceptors (Lipinski definition) is 4. The van der Waals surface area contributed by atoms with Gasteiger partial charge < -0.3 is 14.6 Å². The molecule has 5 heteroatoms. The molecule has 1 fully saturated rings. The molecule has 2 unspecified atom stereocenters. The largest absolute Gasteiger partial charge is 0.493 e. The third kappa shape index (κ3) is 4.86. The molecule has 0 radical (unpaired) electrons. The van der Waals surface area contributed by atoms with Crippen molar-refractivity contribution in [3.63, 3.8) is 0 Å². The molecule has 0 spiro atoms. The van der Waals surface area contributed by atoms with Crippen molar-refractivity contribution >= 4 is 5.97 Å². The Balaban J connectivity index is 2.08. The van der Waals surface area contributed by atoms with Gasteiger partial charge in [-0.3, -0.25) is 9.69 Å². The van der Waals surface area contributed by atoms with Crippen LogP contribution in [0.4, 0.5) is 0 Å². The van der Waals surface area contributed by atoms with Crippen LogP contribution in [0.15, 0.2) is 18.2 Å². The predicted molar refractivity (Wildman–Crippen MR) is 89.0 cm³/mol. The Labute approximate surface area is 138 Å². The number of hydrogen-bond donors (Lipinski definition) is 1. The summed E-state index contributed by atoms with van der Waals surface area (Å²) in [6, 6.07) is 5.94. The van der Waals surface area contributed by atoms with Gasteiger partial charge in [-0.25, -0.2) is 0 Å². The van der Waals surface area contributed by atoms with E-state index >= 15 is 0 Å². The van der Waals surface area contributed by atoms with Crippen LogP contribution in [0, 0.1) is 11.8 Å². The van der Waals surface area contributed by atoms with Gasteiger partial charge in [-0.15, -0.1) is 0 Å². The van der Waals surface area contributed by atoms with Gasteiger partial charge in [-0.2, -0.15) is 0 Å². The number of ether oxygens (including phenoxy) is 2. The molecular formula is C18H27NO4. The molecule has 0 aromatic heterocycles. The van der Waals surface area contributed by atoms with Gasteiger partial charge in [0.2, 0.25) is 0 Å². The normalized spacial score (nSPS) is 21.9. The maximum atomic E-state index is 11.3. The monoisotopic (exact) mass is 321 g/mol. The molecule has 0 aliphatic carbocycles. The van der Waals surface area contributed by atoms with Crippen LogP contribution in [-0.4, -0.2) is 42.8 Å². The van der Waals surface area contributed by atoms with Crippen molar-refractivity contribution in [2.45, 2.75) is 33.2 Å². The summed E-state index contributed by atoms with van der Waals surface area (Å²) in [7, 11) is 1.64. The van der Waals surface area contributed by atoms with Crippen LogP contribution in [0.5, 0.6) is 11.5 Å². The highest BCUT2D eigenvalue weighted by Crippen LogP contribution is 2.30. The quantitative estimate of drug-likeness (QED) is 0.836. The predicted octanol–water partition coefficient (Wildman–Crippen LogP) is 3.03. The molecular weight excluding hydrogens is 294 g/mol. The number of nitrogens with zero attached hydrogens (tertiary/aromatic N) is 1. The minimum absolute atomic E-state index is 0.271. The lowest BCUT2D eigenvalue weighted by Gasteiger charge is -2.34. The summed E-state index contributed by atoms with van der Waals surface area (Å²) < 4.78 is 11.1. The van der Waals surface area contributed by atoms with E-state index in [-0.39, 0.29) is 5.92 Å². The number of piperidine rings is 1. The van der Waals surface area contributed by atoms with Crippen molar-refractivity contribution in [2.75, 3.05) is 26.8 Å². The Morgan fingerprint density at radius 2 is 2.13 bits per heavy atom. The molecule has 23 heavy (non-hydrogen) atoms. The second-order valence-corrected chi connectivity index (χ2v) is 6.40. The van der Waals surface area contributed by atoms with E-state index in [1.807, 2.05) is 18.2 Å². The van der Waals surface area contributed by atoms with Crippen LogP contribution in [0.1, 0.15) is 32.3 Å². The number of carboxylic acid groups (broad SMARTS) is 1. The summed E-state index contributed by atoms with van der Waals surface area (Å²) in [4.78, 5) is 13.5. The van der Waals surface area contributed by atoms with Crippen molar-refractivity contribution in [3.05, 3.63) is 23.8 Å². The highest BCUT2D eigenvalue weighted by atomic mass is 16.5. The molecule has 0 saturated carbocycles. The summed E-state index contributed by atoms with van der Waals surface area (Å²) in [5.41, 5.74) is 1.12. The second kappa shape index (κ2) is 8.20. The van der Waals surface area contributed by atoms with E-state index in [9.17, 15) is 9.90 Å². The minimum atomic E-state index is -0.691. The molecule has 1 aromatic carbocycles. The summed E-state index contributed by atoms with van der Waals surface area (Å²) >= 11 is 0. The van der Waals surface area contributed by atoms with Gasteiger partial charge in [0.05, 0.1) is 19.6 Å². The van der Waals surface area contributed by atoms with Crippen molar-refractivity contribution in [1.82, 2.24) is 4.90 Å². The van der Waals surface area contributed by atoms with Crippen LogP contribution >= 0.6 is 0 Å². The summed E-state index contributed by atoms with van der Waals surface area (Å²) in [6.45, 7) is 7.11. The Hall–Kier alpha value is -1.75. The zero-order chi connectivity index (χ0) is 16.8. The molecule has 1 heterocycles. The summed E-state index contributed by atoms with van der Waals surface area (Å²) in [5, 5.41) is 9.29. The number of carbonyl (C=O) groups is 1. The summed E-state index contributed by atoms with van der Waals surface area (Å²) in [5.74, 6) is 0.930. The lowest BCUT2D eigenvalue weighted by Crippen LogP contribution is -2.41. The first-order valence-electron chi connectivity index (χ1n) is 8.28. The number of benzene rings is 1. The summed E-state index contributed by atoms with van der Waals surface area (Å²) in [6.07, 6.45) is 1.70. The number of rotatable bonds is 7. The fraction of sp³-hybridized carbons (Fsp3) is 0.611. The Morgan fingerprint density at radius 1 is 1.35 bits per heavy atom. The highest BCUT2D eigenvalue weighted by Gasteiger charge is 2.29. The smallest absolute Gasteiger partial charge is 0.307 e. The first kappa shape index (κ1) is 17.6. The van der Waals surface area contributed by atoms with Crippen molar-refractivity contribution < 1.29 is 19.4 Å². The Kier molecular flexibility index (Phi) is 6.28. The zero-order valence-corrected chi connectivity index (χ0v) is 14.2. The highest BCUT2D eigenvalue weighted by molar-refractivity contribution is 5.70. The topological polar surface area (TPSA) is 59.0 Å². The fourth-order valence-electron chi connectivity index (χ4n) is 3.17. The molecule has 2 atom stereocenters. The third-order valence-electron chi connectivity index (χ3n) is 4.18. The molecule has 2 rings (SSSR count). The Morgan fingerprint density at radius 3 is 2.78 bits per heavy atom. The van der Waals surface area contributed by atoms with Gasteiger partial charge in [0.1, 0.15) is 0 Å². The van der Waals surface area contributed by atoms with Crippen LogP contribution in [0.25, 0.3) is 0 Å². The van der Waals surface area contributed by atoms with Crippen LogP contribution < -0.4 is 9.47 Å². The molecule has 1 aliphatic rings. The lowest BCUT2D eigenvalue weighted by molar-refractivity contribution is -0.144. The molecule has 1 aliphatic heterocycles. The molecule has 128 valence electrons. The van der Waals surface area contributed by atoms with Crippen molar-refractivity contribution in [3.8, 4) is 11.5 Å². The molecule has 5 nitrogen and oxygen atoms in total. The molecule has 1 N–H and O–H groups in total. The lowest BCUT2D eigenvalue weighted by atomic mass is 9.90.